The molecule has 0 N–H and O–H groups in total. The summed E-state index contributed by atoms with van der Waals surface area (Å²) in [4.78, 5) is 7.75. The first-order valence-electron chi connectivity index (χ1n) is 10.3. The molecule has 159 valence electrons. The molecule has 0 atom stereocenters. The Morgan fingerprint density at radius 3 is 1.03 bits per heavy atom. The Bertz CT molecular complexity index is 743. The summed E-state index contributed by atoms with van der Waals surface area (Å²) in [5.41, 5.74) is 7.83. The van der Waals surface area contributed by atoms with Crippen LogP contribution in [0.25, 0.3) is 0 Å². The molecular weight excluding hydrogens is 530 g/mol. The maximum absolute atomic E-state index is 7.75. The number of carbonyl (C=O) groups excluding carboxylic acids is 1. The van der Waals surface area contributed by atoms with E-state index in [4.69, 9.17) is 11.9 Å². The van der Waals surface area contributed by atoms with Gasteiger partial charge >= 0.3 is 174 Å². The summed E-state index contributed by atoms with van der Waals surface area (Å²) in [5.74, 6) is 1.92. The van der Waals surface area contributed by atoms with E-state index in [1.165, 1.54) is 33.6 Å². The van der Waals surface area contributed by atoms with Crippen LogP contribution in [0.2, 0.25) is 0 Å². The Kier molecular flexibility index (Phi) is 10.7. The van der Waals surface area contributed by atoms with Gasteiger partial charge in [-0.1, -0.05) is 0 Å². The molecule has 0 fully saturated rings. The molecule has 0 saturated carbocycles. The Balaban J connectivity index is 0.00000204. The third-order valence-corrected chi connectivity index (χ3v) is 6.69. The van der Waals surface area contributed by atoms with Crippen LogP contribution in [0.1, 0.15) is 101 Å². The number of hydrogen-bond donors (Lipinski definition) is 0. The van der Waals surface area contributed by atoms with E-state index in [1.54, 1.807) is 0 Å². The molecule has 0 saturated heterocycles. The SMILES string of the molecule is CC(C)c1cccc(C(C)C)c1[N]=[Re]=[N]c1c(C(C)C)cccc1C(C)C.[CH-]=O. The van der Waals surface area contributed by atoms with E-state index in [0.717, 1.165) is 0 Å². The van der Waals surface area contributed by atoms with Gasteiger partial charge in [0.15, 0.2) is 0 Å². The fourth-order valence-electron chi connectivity index (χ4n) is 3.31. The molecule has 0 aliphatic heterocycles. The van der Waals surface area contributed by atoms with E-state index in [-0.39, 0.29) is 0 Å². The van der Waals surface area contributed by atoms with E-state index >= 15 is 0 Å². The predicted molar refractivity (Wildman–Crippen MR) is 120 cm³/mol. The number of rotatable bonds is 6. The van der Waals surface area contributed by atoms with Crippen LogP contribution in [-0.4, -0.2) is 6.79 Å². The van der Waals surface area contributed by atoms with Crippen LogP contribution in [0.5, 0.6) is 0 Å². The maximum Gasteiger partial charge on any atom is -0.282 e. The van der Waals surface area contributed by atoms with Crippen molar-refractivity contribution in [3.05, 3.63) is 58.7 Å². The quantitative estimate of drug-likeness (QED) is 0.256. The van der Waals surface area contributed by atoms with Crippen molar-refractivity contribution >= 4 is 18.2 Å². The van der Waals surface area contributed by atoms with Crippen molar-refractivity contribution in [1.82, 2.24) is 0 Å². The molecule has 0 amide bonds. The van der Waals surface area contributed by atoms with E-state index in [9.17, 15) is 0 Å². The van der Waals surface area contributed by atoms with Crippen molar-refractivity contribution in [3.8, 4) is 0 Å². The molecule has 2 aromatic carbocycles. The Labute approximate surface area is 185 Å². The van der Waals surface area contributed by atoms with Crippen LogP contribution in [0, 0.1) is 0 Å². The normalized spacial score (nSPS) is 10.9. The summed E-state index contributed by atoms with van der Waals surface area (Å²) < 4.78 is 10.3. The van der Waals surface area contributed by atoms with E-state index in [1.807, 2.05) is 0 Å². The van der Waals surface area contributed by atoms with Crippen molar-refractivity contribution in [2.24, 2.45) is 7.14 Å². The van der Waals surface area contributed by atoms with Crippen LogP contribution < -0.4 is 0 Å². The van der Waals surface area contributed by atoms with Crippen LogP contribution in [0.4, 0.5) is 11.4 Å². The first-order valence-corrected chi connectivity index (χ1v) is 12.7. The molecule has 2 rings (SSSR count). The average molecular weight is 566 g/mol. The molecule has 0 radical (unpaired) electrons. The predicted octanol–water partition coefficient (Wildman–Crippen LogP) is 8.32. The van der Waals surface area contributed by atoms with Gasteiger partial charge in [-0.15, -0.1) is 0 Å². The van der Waals surface area contributed by atoms with Gasteiger partial charge in [0.25, 0.3) is 0 Å². The Hall–Kier alpha value is -1.63. The molecule has 0 unspecified atom stereocenters. The second kappa shape index (κ2) is 12.2. The van der Waals surface area contributed by atoms with Crippen molar-refractivity contribution in [2.75, 3.05) is 0 Å². The second-order valence-corrected chi connectivity index (χ2v) is 10.2. The molecule has 0 aliphatic rings. The van der Waals surface area contributed by atoms with Gasteiger partial charge in [0.1, 0.15) is 0 Å². The van der Waals surface area contributed by atoms with Crippen LogP contribution >= 0.6 is 0 Å². The largest absolute Gasteiger partial charge is 0.545 e. The van der Waals surface area contributed by atoms with Gasteiger partial charge in [0.2, 0.25) is 0 Å². The van der Waals surface area contributed by atoms with E-state index in [0.29, 0.717) is 23.7 Å². The topological polar surface area (TPSA) is 41.8 Å². The minimum Gasteiger partial charge on any atom is -0.545 e. The Morgan fingerprint density at radius 1 is 0.586 bits per heavy atom. The average Bonchev–Trinajstić information content (AvgIpc) is 2.68. The van der Waals surface area contributed by atoms with Crippen LogP contribution in [0.15, 0.2) is 43.5 Å². The summed E-state index contributed by atoms with van der Waals surface area (Å²) in [6.45, 7) is 21.3. The molecular formula is C25H35N2ORe-. The van der Waals surface area contributed by atoms with Gasteiger partial charge < -0.3 is 4.79 Å². The molecule has 3 nitrogen and oxygen atoms in total. The minimum absolute atomic E-state index is 0.480. The monoisotopic (exact) mass is 566 g/mol. The first-order chi connectivity index (χ1) is 13.7. The summed E-state index contributed by atoms with van der Waals surface area (Å²) in [6.07, 6.45) is 0. The fraction of sp³-hybridized carbons (Fsp3) is 0.480. The zero-order valence-electron chi connectivity index (χ0n) is 19.0. The molecule has 0 spiro atoms. The van der Waals surface area contributed by atoms with E-state index < -0.39 is 17.6 Å². The van der Waals surface area contributed by atoms with Gasteiger partial charge in [-0.2, -0.15) is 0 Å². The van der Waals surface area contributed by atoms with Gasteiger partial charge in [-0.05, 0) is 0 Å². The molecule has 0 aromatic heterocycles. The second-order valence-electron chi connectivity index (χ2n) is 8.43. The zero-order valence-corrected chi connectivity index (χ0v) is 21.7. The third kappa shape index (κ3) is 6.69. The molecule has 29 heavy (non-hydrogen) atoms. The van der Waals surface area contributed by atoms with Crippen molar-refractivity contribution in [1.29, 1.82) is 0 Å². The fourth-order valence-corrected chi connectivity index (χ4v) is 5.39. The summed E-state index contributed by atoms with van der Waals surface area (Å²) >= 11 is -1.09. The summed E-state index contributed by atoms with van der Waals surface area (Å²) in [6, 6.07) is 13.3. The van der Waals surface area contributed by atoms with Gasteiger partial charge in [0.05, 0.1) is 0 Å². The van der Waals surface area contributed by atoms with E-state index in [2.05, 4.69) is 98.6 Å². The number of hydrogen-bond acceptors (Lipinski definition) is 3. The molecule has 0 bridgehead atoms. The standard InChI is InChI=1S/2C12H17N.CHO.Re/c2*1-8(2)10-6-5-7-11(9(3)4)12(10)13;1-2;/h2*5-9H,1-4H3;1H;/q;;-1;. The van der Waals surface area contributed by atoms with Crippen LogP contribution in [0.3, 0.4) is 0 Å². The number of nitrogens with zero attached hydrogens (tertiary/aromatic N) is 2. The van der Waals surface area contributed by atoms with Crippen molar-refractivity contribution in [2.45, 2.75) is 79.1 Å². The Morgan fingerprint density at radius 2 is 0.828 bits per heavy atom. The summed E-state index contributed by atoms with van der Waals surface area (Å²) in [5, 5.41) is 0. The van der Waals surface area contributed by atoms with Gasteiger partial charge in [0, 0.05) is 0 Å². The first kappa shape index (κ1) is 25.4. The smallest absolute Gasteiger partial charge is 0.282 e. The zero-order chi connectivity index (χ0) is 22.1. The number of benzene rings is 2. The molecule has 2 aromatic rings. The van der Waals surface area contributed by atoms with Crippen molar-refractivity contribution in [3.63, 3.8) is 0 Å². The van der Waals surface area contributed by atoms with Gasteiger partial charge in [-0.25, -0.2) is 0 Å². The molecule has 4 heteroatoms. The minimum atomic E-state index is -1.09. The third-order valence-electron chi connectivity index (χ3n) is 4.93. The maximum atomic E-state index is 7.75. The molecule has 0 heterocycles. The molecule has 0 aliphatic carbocycles. The van der Waals surface area contributed by atoms with Crippen molar-refractivity contribution < 1.29 is 22.4 Å². The van der Waals surface area contributed by atoms with Crippen LogP contribution in [-0.2, 0) is 22.4 Å². The summed E-state index contributed by atoms with van der Waals surface area (Å²) in [7, 11) is 0. The van der Waals surface area contributed by atoms with Gasteiger partial charge in [-0.3, -0.25) is 6.79 Å².